The van der Waals surface area contributed by atoms with E-state index in [1.54, 1.807) is 6.07 Å². The van der Waals surface area contributed by atoms with Crippen LogP contribution in [0.5, 0.6) is 0 Å². The van der Waals surface area contributed by atoms with E-state index in [0.717, 1.165) is 0 Å². The summed E-state index contributed by atoms with van der Waals surface area (Å²) < 4.78 is 0. The number of fused-ring (bicyclic) bond motifs is 1. The number of amides is 3. The molecule has 1 aliphatic heterocycles. The number of carbonyl (C=O) groups excluding carboxylic acids is 2. The van der Waals surface area contributed by atoms with Gasteiger partial charge in [0.2, 0.25) is 5.91 Å². The number of imide groups is 1. The number of carbonyl (C=O) groups is 3. The molecule has 0 saturated carbocycles. The van der Waals surface area contributed by atoms with Crippen LogP contribution in [0.4, 0.5) is 10.6 Å². The van der Waals surface area contributed by atoms with Crippen molar-refractivity contribution in [2.75, 3.05) is 11.4 Å². The number of hydrogen-bond donors (Lipinski definition) is 3. The maximum Gasteiger partial charge on any atom is 0.335 e. The highest BCUT2D eigenvalue weighted by Gasteiger charge is 2.27. The highest BCUT2D eigenvalue weighted by Crippen LogP contribution is 2.26. The number of urea groups is 1. The Morgan fingerprint density at radius 3 is 2.85 bits per heavy atom. The summed E-state index contributed by atoms with van der Waals surface area (Å²) in [6.45, 7) is 0.210. The minimum atomic E-state index is -1.06. The number of aromatic amines is 1. The molecular weight excluding hydrogens is 264 g/mol. The van der Waals surface area contributed by atoms with E-state index < -0.39 is 12.0 Å². The lowest BCUT2D eigenvalue weighted by Gasteiger charge is -2.24. The third kappa shape index (κ3) is 1.87. The number of hydrogen-bond acceptors (Lipinski definition) is 4. The van der Waals surface area contributed by atoms with E-state index in [0.29, 0.717) is 16.7 Å². The number of benzene rings is 1. The third-order valence-corrected chi connectivity index (χ3v) is 3.10. The zero-order chi connectivity index (χ0) is 14.3. The Kier molecular flexibility index (Phi) is 2.63. The molecule has 1 aliphatic rings. The second-order valence-corrected chi connectivity index (χ2v) is 4.37. The number of anilines is 1. The van der Waals surface area contributed by atoms with Gasteiger partial charge in [0.05, 0.1) is 11.1 Å². The largest absolute Gasteiger partial charge is 0.478 e. The predicted octanol–water partition coefficient (Wildman–Crippen LogP) is 0.707. The Labute approximate surface area is 112 Å². The van der Waals surface area contributed by atoms with Gasteiger partial charge in [0.1, 0.15) is 0 Å². The summed E-state index contributed by atoms with van der Waals surface area (Å²) in [6.07, 6.45) is 0.179. The van der Waals surface area contributed by atoms with Crippen LogP contribution in [0.25, 0.3) is 10.9 Å². The number of nitrogens with one attached hydrogen (secondary N) is 2. The first-order chi connectivity index (χ1) is 9.56. The molecule has 8 nitrogen and oxygen atoms in total. The van der Waals surface area contributed by atoms with Crippen molar-refractivity contribution >= 4 is 34.6 Å². The van der Waals surface area contributed by atoms with Crippen LogP contribution in [-0.2, 0) is 4.79 Å². The molecule has 1 aromatic heterocycles. The van der Waals surface area contributed by atoms with Gasteiger partial charge < -0.3 is 5.11 Å². The van der Waals surface area contributed by atoms with E-state index in [2.05, 4.69) is 15.5 Å². The van der Waals surface area contributed by atoms with Gasteiger partial charge in [-0.1, -0.05) is 0 Å². The molecule has 1 saturated heterocycles. The van der Waals surface area contributed by atoms with E-state index in [1.165, 1.54) is 17.0 Å². The maximum absolute atomic E-state index is 11.8. The van der Waals surface area contributed by atoms with Crippen molar-refractivity contribution in [1.82, 2.24) is 15.5 Å². The number of aromatic carboxylic acids is 1. The number of rotatable bonds is 2. The first kappa shape index (κ1) is 12.2. The van der Waals surface area contributed by atoms with Crippen molar-refractivity contribution in [1.29, 1.82) is 0 Å². The van der Waals surface area contributed by atoms with Crippen LogP contribution >= 0.6 is 0 Å². The second kappa shape index (κ2) is 4.34. The van der Waals surface area contributed by atoms with Crippen LogP contribution in [0.1, 0.15) is 16.8 Å². The standard InChI is InChI=1S/C12H10N4O4/c17-9-3-4-16(12(20)13-9)10-7-5-6(11(18)19)1-2-8(7)14-15-10/h1-2,5H,3-4H2,(H,14,15)(H,18,19)(H,13,17,20). The number of aromatic nitrogens is 2. The lowest BCUT2D eigenvalue weighted by molar-refractivity contribution is -0.120. The molecule has 0 bridgehead atoms. The van der Waals surface area contributed by atoms with Gasteiger partial charge in [-0.3, -0.25) is 20.1 Å². The highest BCUT2D eigenvalue weighted by molar-refractivity contribution is 6.09. The topological polar surface area (TPSA) is 115 Å². The predicted molar refractivity (Wildman–Crippen MR) is 68.6 cm³/mol. The molecule has 1 aromatic carbocycles. The first-order valence-electron chi connectivity index (χ1n) is 5.89. The molecule has 2 aromatic rings. The molecular formula is C12H10N4O4. The third-order valence-electron chi connectivity index (χ3n) is 3.10. The molecule has 0 unspecified atom stereocenters. The Bertz CT molecular complexity index is 736. The van der Waals surface area contributed by atoms with Crippen molar-refractivity contribution in [2.24, 2.45) is 0 Å². The van der Waals surface area contributed by atoms with Gasteiger partial charge in [-0.25, -0.2) is 9.59 Å². The van der Waals surface area contributed by atoms with Gasteiger partial charge in [-0.05, 0) is 18.2 Å². The Morgan fingerprint density at radius 2 is 2.15 bits per heavy atom. The number of H-pyrrole nitrogens is 1. The summed E-state index contributed by atoms with van der Waals surface area (Å²) in [5.41, 5.74) is 0.725. The average molecular weight is 274 g/mol. The lowest BCUT2D eigenvalue weighted by Crippen LogP contribution is -2.49. The fourth-order valence-electron chi connectivity index (χ4n) is 2.11. The minimum absolute atomic E-state index is 0.105. The SMILES string of the molecule is O=C1CCN(c2n[nH]c3ccc(C(=O)O)cc23)C(=O)N1. The number of nitrogens with zero attached hydrogens (tertiary/aromatic N) is 2. The molecule has 0 spiro atoms. The molecule has 8 heteroatoms. The van der Waals surface area contributed by atoms with E-state index in [9.17, 15) is 14.4 Å². The quantitative estimate of drug-likeness (QED) is 0.745. The molecule has 3 rings (SSSR count). The Morgan fingerprint density at radius 1 is 1.35 bits per heavy atom. The first-order valence-corrected chi connectivity index (χ1v) is 5.89. The second-order valence-electron chi connectivity index (χ2n) is 4.37. The number of carboxylic acid groups (broad SMARTS) is 1. The molecule has 20 heavy (non-hydrogen) atoms. The molecule has 0 aliphatic carbocycles. The van der Waals surface area contributed by atoms with Gasteiger partial charge in [0, 0.05) is 18.4 Å². The minimum Gasteiger partial charge on any atom is -0.478 e. The van der Waals surface area contributed by atoms with Crippen molar-refractivity contribution in [3.8, 4) is 0 Å². The molecule has 3 N–H and O–H groups in total. The van der Waals surface area contributed by atoms with E-state index in [-0.39, 0.29) is 24.4 Å². The summed E-state index contributed by atoms with van der Waals surface area (Å²) in [6, 6.07) is 3.92. The fourth-order valence-corrected chi connectivity index (χ4v) is 2.11. The van der Waals surface area contributed by atoms with E-state index >= 15 is 0 Å². The van der Waals surface area contributed by atoms with Gasteiger partial charge >= 0.3 is 12.0 Å². The molecule has 0 radical (unpaired) electrons. The van der Waals surface area contributed by atoms with Gasteiger partial charge in [0.15, 0.2) is 5.82 Å². The molecule has 2 heterocycles. The van der Waals surface area contributed by atoms with Crippen LogP contribution in [0, 0.1) is 0 Å². The molecule has 1 fully saturated rings. The van der Waals surface area contributed by atoms with Crippen LogP contribution in [0.15, 0.2) is 18.2 Å². The highest BCUT2D eigenvalue weighted by atomic mass is 16.4. The maximum atomic E-state index is 11.8. The van der Waals surface area contributed by atoms with Gasteiger partial charge in [-0.15, -0.1) is 0 Å². The summed E-state index contributed by atoms with van der Waals surface area (Å²) in [4.78, 5) is 35.2. The Balaban J connectivity index is 2.07. The van der Waals surface area contributed by atoms with E-state index in [1.807, 2.05) is 0 Å². The monoisotopic (exact) mass is 274 g/mol. The number of carboxylic acids is 1. The van der Waals surface area contributed by atoms with Crippen LogP contribution in [0.3, 0.4) is 0 Å². The fraction of sp³-hybridized carbons (Fsp3) is 0.167. The van der Waals surface area contributed by atoms with Crippen molar-refractivity contribution in [3.05, 3.63) is 23.8 Å². The summed E-state index contributed by atoms with van der Waals surface area (Å²) >= 11 is 0. The molecule has 3 amide bonds. The smallest absolute Gasteiger partial charge is 0.335 e. The average Bonchev–Trinajstić information content (AvgIpc) is 2.81. The molecule has 102 valence electrons. The zero-order valence-corrected chi connectivity index (χ0v) is 10.2. The summed E-state index contributed by atoms with van der Waals surface area (Å²) in [5.74, 6) is -1.08. The summed E-state index contributed by atoms with van der Waals surface area (Å²) in [5, 5.41) is 18.5. The van der Waals surface area contributed by atoms with Gasteiger partial charge in [0.25, 0.3) is 0 Å². The lowest BCUT2D eigenvalue weighted by atomic mass is 10.1. The zero-order valence-electron chi connectivity index (χ0n) is 10.2. The van der Waals surface area contributed by atoms with Gasteiger partial charge in [-0.2, -0.15) is 5.10 Å². The molecule has 0 atom stereocenters. The summed E-state index contributed by atoms with van der Waals surface area (Å²) in [7, 11) is 0. The van der Waals surface area contributed by atoms with Crippen LogP contribution in [0.2, 0.25) is 0 Å². The van der Waals surface area contributed by atoms with Crippen molar-refractivity contribution in [2.45, 2.75) is 6.42 Å². The van der Waals surface area contributed by atoms with Crippen LogP contribution < -0.4 is 10.2 Å². The van der Waals surface area contributed by atoms with Crippen molar-refractivity contribution < 1.29 is 19.5 Å². The van der Waals surface area contributed by atoms with E-state index in [4.69, 9.17) is 5.11 Å². The van der Waals surface area contributed by atoms with Crippen LogP contribution in [-0.4, -0.2) is 39.8 Å². The van der Waals surface area contributed by atoms with Crippen molar-refractivity contribution in [3.63, 3.8) is 0 Å². The normalized spacial score (nSPS) is 15.5. The Hall–Kier alpha value is -2.90.